The van der Waals surface area contributed by atoms with Crippen molar-refractivity contribution in [1.29, 1.82) is 0 Å². The molecule has 0 atom stereocenters. The van der Waals surface area contributed by atoms with Crippen molar-refractivity contribution in [2.24, 2.45) is 29.4 Å². The molecule has 0 amide bonds. The second kappa shape index (κ2) is 5.10. The third-order valence-electron chi connectivity index (χ3n) is 6.85. The molecule has 0 saturated heterocycles. The average Bonchev–Trinajstić information content (AvgIpc) is 2.48. The highest BCUT2D eigenvalue weighted by molar-refractivity contribution is 5.17. The lowest BCUT2D eigenvalue weighted by atomic mass is 9.48. The Morgan fingerprint density at radius 1 is 1.00 bits per heavy atom. The van der Waals surface area contributed by atoms with E-state index in [9.17, 15) is 0 Å². The van der Waals surface area contributed by atoms with Crippen LogP contribution in [0.3, 0.4) is 0 Å². The van der Waals surface area contributed by atoms with E-state index in [1.165, 1.54) is 37.7 Å². The Labute approximate surface area is 128 Å². The first-order chi connectivity index (χ1) is 10.2. The first-order valence-electron chi connectivity index (χ1n) is 8.67. The second-order valence-corrected chi connectivity index (χ2v) is 7.84. The molecule has 114 valence electrons. The van der Waals surface area contributed by atoms with Gasteiger partial charge in [-0.3, -0.25) is 4.90 Å². The number of benzene rings is 1. The van der Waals surface area contributed by atoms with Gasteiger partial charge in [0.1, 0.15) is 0 Å². The van der Waals surface area contributed by atoms with Gasteiger partial charge >= 0.3 is 0 Å². The zero-order valence-electron chi connectivity index (χ0n) is 13.2. The number of hydrogen-bond donors (Lipinski definition) is 1. The van der Waals surface area contributed by atoms with Crippen molar-refractivity contribution < 1.29 is 0 Å². The predicted molar refractivity (Wildman–Crippen MR) is 86.7 cm³/mol. The van der Waals surface area contributed by atoms with Gasteiger partial charge in [0.05, 0.1) is 0 Å². The quantitative estimate of drug-likeness (QED) is 0.919. The summed E-state index contributed by atoms with van der Waals surface area (Å²) in [4.78, 5) is 2.62. The SMILES string of the molecule is CN(Cc1ccccc1)C1(CN)C2CC3CC(C2)CC1C3. The molecule has 0 spiro atoms. The number of hydrogen-bond acceptors (Lipinski definition) is 2. The summed E-state index contributed by atoms with van der Waals surface area (Å²) in [6, 6.07) is 10.9. The van der Waals surface area contributed by atoms with Crippen LogP contribution in [-0.4, -0.2) is 24.0 Å². The van der Waals surface area contributed by atoms with Crippen LogP contribution in [0.15, 0.2) is 30.3 Å². The van der Waals surface area contributed by atoms with Gasteiger partial charge in [-0.15, -0.1) is 0 Å². The lowest BCUT2D eigenvalue weighted by Gasteiger charge is -2.64. The number of likely N-dealkylation sites (N-methyl/N-ethyl adjacent to an activating group) is 1. The number of nitrogens with zero attached hydrogens (tertiary/aromatic N) is 1. The molecule has 4 saturated carbocycles. The summed E-state index contributed by atoms with van der Waals surface area (Å²) in [5.41, 5.74) is 8.09. The van der Waals surface area contributed by atoms with Crippen LogP contribution in [0.4, 0.5) is 0 Å². The molecule has 4 fully saturated rings. The van der Waals surface area contributed by atoms with Crippen LogP contribution in [0.5, 0.6) is 0 Å². The van der Waals surface area contributed by atoms with E-state index < -0.39 is 0 Å². The van der Waals surface area contributed by atoms with Gasteiger partial charge in [0, 0.05) is 18.6 Å². The first-order valence-corrected chi connectivity index (χ1v) is 8.67. The summed E-state index contributed by atoms with van der Waals surface area (Å²) in [5.74, 6) is 3.70. The van der Waals surface area contributed by atoms with Crippen LogP contribution in [0.25, 0.3) is 0 Å². The van der Waals surface area contributed by atoms with Gasteiger partial charge in [-0.05, 0) is 68.4 Å². The van der Waals surface area contributed by atoms with Crippen molar-refractivity contribution in [3.63, 3.8) is 0 Å². The molecule has 0 heterocycles. The molecule has 2 nitrogen and oxygen atoms in total. The third-order valence-corrected chi connectivity index (χ3v) is 6.85. The van der Waals surface area contributed by atoms with Gasteiger partial charge < -0.3 is 5.73 Å². The second-order valence-electron chi connectivity index (χ2n) is 7.84. The van der Waals surface area contributed by atoms with E-state index in [1.807, 2.05) is 0 Å². The Bertz CT molecular complexity index is 468. The Balaban J connectivity index is 1.61. The van der Waals surface area contributed by atoms with Crippen LogP contribution in [-0.2, 0) is 6.54 Å². The lowest BCUT2D eigenvalue weighted by molar-refractivity contribution is -0.126. The molecule has 4 bridgehead atoms. The molecule has 4 aliphatic rings. The van der Waals surface area contributed by atoms with Gasteiger partial charge in [0.2, 0.25) is 0 Å². The number of rotatable bonds is 4. The van der Waals surface area contributed by atoms with Crippen molar-refractivity contribution in [3.05, 3.63) is 35.9 Å². The molecule has 1 aromatic rings. The standard InChI is InChI=1S/C19H28N2/c1-21(12-14-5-3-2-4-6-14)19(13-20)17-8-15-7-16(10-17)11-18(19)9-15/h2-6,15-18H,7-13,20H2,1H3. The highest BCUT2D eigenvalue weighted by Crippen LogP contribution is 2.59. The molecular weight excluding hydrogens is 256 g/mol. The first kappa shape index (κ1) is 13.8. The fraction of sp³-hybridized carbons (Fsp3) is 0.684. The Kier molecular flexibility index (Phi) is 3.35. The fourth-order valence-electron chi connectivity index (χ4n) is 6.12. The van der Waals surface area contributed by atoms with Crippen LogP contribution in [0, 0.1) is 23.7 Å². The zero-order chi connectivity index (χ0) is 14.4. The van der Waals surface area contributed by atoms with E-state index in [1.54, 1.807) is 0 Å². The molecule has 0 radical (unpaired) electrons. The van der Waals surface area contributed by atoms with Crippen LogP contribution < -0.4 is 5.73 Å². The minimum Gasteiger partial charge on any atom is -0.329 e. The predicted octanol–water partition coefficient (Wildman–Crippen LogP) is 3.27. The zero-order valence-corrected chi connectivity index (χ0v) is 13.2. The van der Waals surface area contributed by atoms with E-state index in [0.717, 1.165) is 36.8 Å². The molecule has 4 aliphatic carbocycles. The topological polar surface area (TPSA) is 29.3 Å². The molecule has 0 aliphatic heterocycles. The Hall–Kier alpha value is -0.860. The molecule has 1 aromatic carbocycles. The van der Waals surface area contributed by atoms with Crippen molar-refractivity contribution in [3.8, 4) is 0 Å². The molecule has 2 N–H and O–H groups in total. The smallest absolute Gasteiger partial charge is 0.0388 e. The van der Waals surface area contributed by atoms with E-state index in [-0.39, 0.29) is 5.54 Å². The molecule has 21 heavy (non-hydrogen) atoms. The van der Waals surface area contributed by atoms with E-state index in [0.29, 0.717) is 0 Å². The average molecular weight is 284 g/mol. The maximum atomic E-state index is 6.40. The molecule has 0 aromatic heterocycles. The monoisotopic (exact) mass is 284 g/mol. The van der Waals surface area contributed by atoms with Gasteiger partial charge in [-0.25, -0.2) is 0 Å². The van der Waals surface area contributed by atoms with Crippen LogP contribution in [0.2, 0.25) is 0 Å². The largest absolute Gasteiger partial charge is 0.329 e. The van der Waals surface area contributed by atoms with Crippen molar-refractivity contribution in [2.45, 2.75) is 44.2 Å². The normalized spacial score (nSPS) is 40.9. The molecule has 5 rings (SSSR count). The van der Waals surface area contributed by atoms with Gasteiger partial charge in [-0.1, -0.05) is 30.3 Å². The fourth-order valence-corrected chi connectivity index (χ4v) is 6.12. The van der Waals surface area contributed by atoms with Gasteiger partial charge in [-0.2, -0.15) is 0 Å². The summed E-state index contributed by atoms with van der Waals surface area (Å²) in [6.07, 6.45) is 7.25. The highest BCUT2D eigenvalue weighted by Gasteiger charge is 2.58. The van der Waals surface area contributed by atoms with E-state index in [4.69, 9.17) is 5.73 Å². The van der Waals surface area contributed by atoms with Gasteiger partial charge in [0.25, 0.3) is 0 Å². The minimum atomic E-state index is 0.267. The summed E-state index contributed by atoms with van der Waals surface area (Å²) >= 11 is 0. The molecule has 0 unspecified atom stereocenters. The summed E-state index contributed by atoms with van der Waals surface area (Å²) in [5, 5.41) is 0. The Morgan fingerprint density at radius 3 is 2.10 bits per heavy atom. The summed E-state index contributed by atoms with van der Waals surface area (Å²) < 4.78 is 0. The summed E-state index contributed by atoms with van der Waals surface area (Å²) in [7, 11) is 2.32. The van der Waals surface area contributed by atoms with Crippen LogP contribution in [0.1, 0.15) is 37.7 Å². The summed E-state index contributed by atoms with van der Waals surface area (Å²) in [6.45, 7) is 1.88. The van der Waals surface area contributed by atoms with Crippen molar-refractivity contribution >= 4 is 0 Å². The molecule has 2 heteroatoms. The van der Waals surface area contributed by atoms with Crippen molar-refractivity contribution in [2.75, 3.05) is 13.6 Å². The molecular formula is C19H28N2. The van der Waals surface area contributed by atoms with E-state index >= 15 is 0 Å². The van der Waals surface area contributed by atoms with Gasteiger partial charge in [0.15, 0.2) is 0 Å². The third kappa shape index (κ3) is 2.07. The minimum absolute atomic E-state index is 0.267. The van der Waals surface area contributed by atoms with Crippen LogP contribution >= 0.6 is 0 Å². The Morgan fingerprint density at radius 2 is 1.57 bits per heavy atom. The van der Waals surface area contributed by atoms with Crippen molar-refractivity contribution in [1.82, 2.24) is 4.90 Å². The maximum Gasteiger partial charge on any atom is 0.0388 e. The van der Waals surface area contributed by atoms with E-state index in [2.05, 4.69) is 42.3 Å². The maximum absolute atomic E-state index is 6.40. The lowest BCUT2D eigenvalue weighted by Crippen LogP contribution is -2.68. The highest BCUT2D eigenvalue weighted by atomic mass is 15.2. The number of nitrogens with two attached hydrogens (primary N) is 1.